The molecule has 0 spiro atoms. The maximum atomic E-state index is 13.6. The number of aromatic nitrogens is 1. The minimum absolute atomic E-state index is 0.00145. The Labute approximate surface area is 206 Å². The maximum Gasteiger partial charge on any atom is 0.326 e. The normalized spacial score (nSPS) is 12.3. The molecule has 0 fully saturated rings. The van der Waals surface area contributed by atoms with Crippen LogP contribution < -0.4 is 5.32 Å². The zero-order chi connectivity index (χ0) is 24.9. The highest BCUT2D eigenvalue weighted by atomic mass is 32.1. The molecule has 2 N–H and O–H groups in total. The summed E-state index contributed by atoms with van der Waals surface area (Å²) in [6.45, 7) is 0. The fraction of sp³-hybridized carbons (Fsp3) is 0.148. The fourth-order valence-corrected chi connectivity index (χ4v) is 4.56. The number of aliphatic carboxylic acids is 1. The van der Waals surface area contributed by atoms with E-state index in [0.29, 0.717) is 4.88 Å². The lowest BCUT2D eigenvalue weighted by Gasteiger charge is -2.26. The second kappa shape index (κ2) is 10.4. The minimum atomic E-state index is -1.13. The molecule has 1 unspecified atom stereocenters. The third kappa shape index (κ3) is 5.33. The van der Waals surface area contributed by atoms with Crippen molar-refractivity contribution in [2.75, 3.05) is 7.05 Å². The molecule has 0 aliphatic carbocycles. The molecule has 35 heavy (non-hydrogen) atoms. The van der Waals surface area contributed by atoms with Crippen molar-refractivity contribution in [2.24, 2.45) is 7.05 Å². The van der Waals surface area contributed by atoms with Gasteiger partial charge in [0.25, 0.3) is 11.8 Å². The molecule has 0 saturated heterocycles. The summed E-state index contributed by atoms with van der Waals surface area (Å²) < 4.78 is 1.93. The van der Waals surface area contributed by atoms with E-state index in [-0.39, 0.29) is 12.1 Å². The number of thiophene rings is 1. The smallest absolute Gasteiger partial charge is 0.326 e. The summed E-state index contributed by atoms with van der Waals surface area (Å²) in [5.74, 6) is -2.15. The molecule has 4 rings (SSSR count). The topological polar surface area (TPSA) is 91.6 Å². The Hall–Kier alpha value is -4.17. The van der Waals surface area contributed by atoms with Crippen LogP contribution in [0.3, 0.4) is 0 Å². The molecule has 2 amide bonds. The molecule has 1 atom stereocenters. The predicted octanol–water partition coefficient (Wildman–Crippen LogP) is 4.17. The van der Waals surface area contributed by atoms with E-state index in [9.17, 15) is 19.5 Å². The van der Waals surface area contributed by atoms with Crippen LogP contribution in [-0.4, -0.2) is 45.4 Å². The molecule has 2 aromatic carbocycles. The standard InChI is InChI=1S/C27H25N3O4S/c1-29-17-19(20-11-6-7-12-22(20)29)16-21(28-25(31)24-13-8-14-35-24)26(32)30(2)23(27(33)34)15-18-9-4-3-5-10-18/h3-14,16-17,23H,15H2,1-2H3,(H,28,31)(H,33,34)/b21-16+. The number of nitrogens with one attached hydrogen (secondary N) is 1. The zero-order valence-corrected chi connectivity index (χ0v) is 20.2. The van der Waals surface area contributed by atoms with E-state index in [2.05, 4.69) is 5.32 Å². The lowest BCUT2D eigenvalue weighted by molar-refractivity contribution is -0.147. The minimum Gasteiger partial charge on any atom is -0.480 e. The molecule has 4 aromatic rings. The molecule has 0 aliphatic heterocycles. The van der Waals surface area contributed by atoms with Gasteiger partial charge in [0, 0.05) is 43.2 Å². The number of rotatable bonds is 8. The van der Waals surface area contributed by atoms with E-state index in [4.69, 9.17) is 0 Å². The highest BCUT2D eigenvalue weighted by Gasteiger charge is 2.30. The van der Waals surface area contributed by atoms with Crippen molar-refractivity contribution in [3.05, 3.63) is 100 Å². The summed E-state index contributed by atoms with van der Waals surface area (Å²) in [7, 11) is 3.34. The molecule has 178 valence electrons. The first-order chi connectivity index (χ1) is 16.8. The van der Waals surface area contributed by atoms with E-state index in [0.717, 1.165) is 22.0 Å². The molecular weight excluding hydrogens is 462 g/mol. The third-order valence-corrected chi connectivity index (χ3v) is 6.66. The molecule has 2 aromatic heterocycles. The van der Waals surface area contributed by atoms with Gasteiger partial charge in [0.15, 0.2) is 0 Å². The number of carboxylic acid groups (broad SMARTS) is 1. The van der Waals surface area contributed by atoms with Gasteiger partial charge in [-0.25, -0.2) is 4.79 Å². The van der Waals surface area contributed by atoms with Crippen molar-refractivity contribution < 1.29 is 19.5 Å². The molecule has 0 bridgehead atoms. The van der Waals surface area contributed by atoms with Gasteiger partial charge in [-0.1, -0.05) is 54.6 Å². The number of aryl methyl sites for hydroxylation is 1. The summed E-state index contributed by atoms with van der Waals surface area (Å²) in [5, 5.41) is 15.3. The molecule has 0 saturated carbocycles. The highest BCUT2D eigenvalue weighted by Crippen LogP contribution is 2.23. The molecular formula is C27H25N3O4S. The highest BCUT2D eigenvalue weighted by molar-refractivity contribution is 7.12. The Kier molecular flexibility index (Phi) is 7.12. The quantitative estimate of drug-likeness (QED) is 0.365. The number of benzene rings is 2. The second-order valence-corrected chi connectivity index (χ2v) is 9.11. The van der Waals surface area contributed by atoms with Crippen LogP contribution >= 0.6 is 11.3 Å². The lowest BCUT2D eigenvalue weighted by Crippen LogP contribution is -2.46. The Morgan fingerprint density at radius 1 is 1.06 bits per heavy atom. The Morgan fingerprint density at radius 2 is 1.77 bits per heavy atom. The Balaban J connectivity index is 1.71. The number of likely N-dealkylation sites (N-methyl/N-ethyl adjacent to an activating group) is 1. The summed E-state index contributed by atoms with van der Waals surface area (Å²) in [4.78, 5) is 40.2. The van der Waals surface area contributed by atoms with Crippen molar-refractivity contribution in [3.63, 3.8) is 0 Å². The summed E-state index contributed by atoms with van der Waals surface area (Å²) in [5.41, 5.74) is 2.50. The molecule has 0 radical (unpaired) electrons. The van der Waals surface area contributed by atoms with Crippen LogP contribution in [0, 0.1) is 0 Å². The van der Waals surface area contributed by atoms with Crippen LogP contribution in [0.5, 0.6) is 0 Å². The summed E-state index contributed by atoms with van der Waals surface area (Å²) in [6, 6.07) is 19.2. The number of nitrogens with zero attached hydrogens (tertiary/aromatic N) is 2. The van der Waals surface area contributed by atoms with Crippen molar-refractivity contribution in [2.45, 2.75) is 12.5 Å². The first kappa shape index (κ1) is 24.0. The average molecular weight is 488 g/mol. The molecule has 8 heteroatoms. The molecule has 7 nitrogen and oxygen atoms in total. The number of carbonyl (C=O) groups is 3. The van der Waals surface area contributed by atoms with Crippen LogP contribution in [0.2, 0.25) is 0 Å². The fourth-order valence-electron chi connectivity index (χ4n) is 3.95. The number of carbonyl (C=O) groups excluding carboxylic acids is 2. The number of amides is 2. The van der Waals surface area contributed by atoms with Gasteiger partial charge in [-0.05, 0) is 29.2 Å². The summed E-state index contributed by atoms with van der Waals surface area (Å²) in [6.07, 6.45) is 3.61. The first-order valence-electron chi connectivity index (χ1n) is 11.0. The van der Waals surface area contributed by atoms with E-state index in [1.165, 1.54) is 23.3 Å². The van der Waals surface area contributed by atoms with Gasteiger partial charge in [0.05, 0.1) is 4.88 Å². The van der Waals surface area contributed by atoms with Crippen molar-refractivity contribution in [3.8, 4) is 0 Å². The second-order valence-electron chi connectivity index (χ2n) is 8.16. The zero-order valence-electron chi connectivity index (χ0n) is 19.3. The Bertz CT molecular complexity index is 1390. The van der Waals surface area contributed by atoms with Crippen LogP contribution in [0.4, 0.5) is 0 Å². The van der Waals surface area contributed by atoms with Crippen LogP contribution in [0.25, 0.3) is 17.0 Å². The number of para-hydroxylation sites is 1. The van der Waals surface area contributed by atoms with Crippen LogP contribution in [0.15, 0.2) is 84.0 Å². The van der Waals surface area contributed by atoms with Gasteiger partial charge in [-0.3, -0.25) is 9.59 Å². The van der Waals surface area contributed by atoms with Gasteiger partial charge < -0.3 is 19.9 Å². The van der Waals surface area contributed by atoms with E-state index in [1.54, 1.807) is 23.6 Å². The first-order valence-corrected chi connectivity index (χ1v) is 11.9. The van der Waals surface area contributed by atoms with Crippen LogP contribution in [-0.2, 0) is 23.1 Å². The monoisotopic (exact) mass is 487 g/mol. The Morgan fingerprint density at radius 3 is 2.46 bits per heavy atom. The van der Waals surface area contributed by atoms with Crippen molar-refractivity contribution in [1.82, 2.24) is 14.8 Å². The van der Waals surface area contributed by atoms with Crippen LogP contribution in [0.1, 0.15) is 20.8 Å². The lowest BCUT2D eigenvalue weighted by atomic mass is 10.0. The molecule has 0 aliphatic rings. The predicted molar refractivity (Wildman–Crippen MR) is 137 cm³/mol. The number of fused-ring (bicyclic) bond motifs is 1. The SMILES string of the molecule is CN(C(=O)/C(=C\c1cn(C)c2ccccc12)NC(=O)c1cccs1)C(Cc1ccccc1)C(=O)O. The van der Waals surface area contributed by atoms with Gasteiger partial charge >= 0.3 is 5.97 Å². The van der Waals surface area contributed by atoms with Gasteiger partial charge in [-0.15, -0.1) is 11.3 Å². The van der Waals surface area contributed by atoms with E-state index in [1.807, 2.05) is 72.4 Å². The molecule has 2 heterocycles. The van der Waals surface area contributed by atoms with Gasteiger partial charge in [0.2, 0.25) is 0 Å². The van der Waals surface area contributed by atoms with Crippen molar-refractivity contribution >= 4 is 46.1 Å². The average Bonchev–Trinajstić information content (AvgIpc) is 3.51. The van der Waals surface area contributed by atoms with E-state index < -0.39 is 23.8 Å². The number of hydrogen-bond acceptors (Lipinski definition) is 4. The van der Waals surface area contributed by atoms with Gasteiger partial charge in [0.1, 0.15) is 11.7 Å². The summed E-state index contributed by atoms with van der Waals surface area (Å²) >= 11 is 1.26. The maximum absolute atomic E-state index is 13.6. The number of hydrogen-bond donors (Lipinski definition) is 2. The third-order valence-electron chi connectivity index (χ3n) is 5.80. The van der Waals surface area contributed by atoms with E-state index >= 15 is 0 Å². The largest absolute Gasteiger partial charge is 0.480 e. The number of carboxylic acids is 1. The van der Waals surface area contributed by atoms with Gasteiger partial charge in [-0.2, -0.15) is 0 Å². The van der Waals surface area contributed by atoms with Crippen molar-refractivity contribution in [1.29, 1.82) is 0 Å².